The van der Waals surface area contributed by atoms with Crippen molar-refractivity contribution in [3.63, 3.8) is 0 Å². The van der Waals surface area contributed by atoms with Gasteiger partial charge < -0.3 is 11.1 Å². The molecule has 0 atom stereocenters. The van der Waals surface area contributed by atoms with E-state index < -0.39 is 21.5 Å². The quantitative estimate of drug-likeness (QED) is 0.700. The van der Waals surface area contributed by atoms with Gasteiger partial charge in [-0.2, -0.15) is 0 Å². The number of nitrogens with two attached hydrogens (primary N) is 1. The van der Waals surface area contributed by atoms with E-state index in [0.29, 0.717) is 12.2 Å². The van der Waals surface area contributed by atoms with Gasteiger partial charge in [0.05, 0.1) is 5.69 Å². The Bertz CT molecular complexity index is 582. The van der Waals surface area contributed by atoms with E-state index in [4.69, 9.17) is 5.73 Å². The van der Waals surface area contributed by atoms with Crippen molar-refractivity contribution in [3.8, 4) is 0 Å². The summed E-state index contributed by atoms with van der Waals surface area (Å²) in [6.07, 6.45) is 0.0998. The van der Waals surface area contributed by atoms with Gasteiger partial charge in [-0.3, -0.25) is 4.79 Å². The van der Waals surface area contributed by atoms with Crippen LogP contribution in [0.25, 0.3) is 0 Å². The number of nitrogens with one attached hydrogen (secondary N) is 2. The van der Waals surface area contributed by atoms with Gasteiger partial charge in [-0.15, -0.1) is 0 Å². The third kappa shape index (κ3) is 4.50. The van der Waals surface area contributed by atoms with Crippen LogP contribution in [0, 0.1) is 0 Å². The zero-order chi connectivity index (χ0) is 15.4. The average molecular weight is 299 g/mol. The highest BCUT2D eigenvalue weighted by Crippen LogP contribution is 2.25. The Morgan fingerprint density at radius 3 is 2.45 bits per heavy atom. The number of amides is 1. The van der Waals surface area contributed by atoms with Crippen molar-refractivity contribution in [2.75, 3.05) is 11.9 Å². The molecular formula is C13H21N3O3S. The SMILES string of the molecule is CCNS(=O)(=O)c1ccccc1NC(C)(C)CC(N)=O. The fraction of sp³-hybridized carbons (Fsp3) is 0.462. The van der Waals surface area contributed by atoms with Crippen LogP contribution in [-0.2, 0) is 14.8 Å². The molecule has 1 aromatic carbocycles. The second-order valence-electron chi connectivity index (χ2n) is 5.15. The zero-order valence-electron chi connectivity index (χ0n) is 11.9. The summed E-state index contributed by atoms with van der Waals surface area (Å²) in [6, 6.07) is 6.55. The molecule has 0 saturated carbocycles. The highest BCUT2D eigenvalue weighted by Gasteiger charge is 2.24. The molecule has 1 rings (SSSR count). The number of hydrogen-bond acceptors (Lipinski definition) is 4. The van der Waals surface area contributed by atoms with Crippen molar-refractivity contribution in [1.82, 2.24) is 4.72 Å². The molecule has 20 heavy (non-hydrogen) atoms. The monoisotopic (exact) mass is 299 g/mol. The molecule has 0 spiro atoms. The Hall–Kier alpha value is -1.60. The normalized spacial score (nSPS) is 12.2. The number of rotatable bonds is 7. The lowest BCUT2D eigenvalue weighted by Gasteiger charge is -2.27. The van der Waals surface area contributed by atoms with Crippen LogP contribution in [0.15, 0.2) is 29.2 Å². The largest absolute Gasteiger partial charge is 0.379 e. The number of anilines is 1. The predicted molar refractivity (Wildman–Crippen MR) is 78.8 cm³/mol. The summed E-state index contributed by atoms with van der Waals surface area (Å²) in [5.41, 5.74) is 5.00. The van der Waals surface area contributed by atoms with Gasteiger partial charge in [-0.05, 0) is 26.0 Å². The predicted octanol–water partition coefficient (Wildman–Crippen LogP) is 1.05. The average Bonchev–Trinajstić information content (AvgIpc) is 2.26. The summed E-state index contributed by atoms with van der Waals surface area (Å²) in [5.74, 6) is -0.450. The first-order valence-corrected chi connectivity index (χ1v) is 7.81. The summed E-state index contributed by atoms with van der Waals surface area (Å²) < 4.78 is 26.7. The van der Waals surface area contributed by atoms with E-state index in [-0.39, 0.29) is 11.3 Å². The third-order valence-corrected chi connectivity index (χ3v) is 4.20. The molecule has 112 valence electrons. The first-order chi connectivity index (χ1) is 9.18. The van der Waals surface area contributed by atoms with Crippen molar-refractivity contribution in [3.05, 3.63) is 24.3 Å². The molecular weight excluding hydrogens is 278 g/mol. The zero-order valence-corrected chi connectivity index (χ0v) is 12.8. The molecule has 0 unspecified atom stereocenters. The summed E-state index contributed by atoms with van der Waals surface area (Å²) in [6.45, 7) is 5.59. The molecule has 7 heteroatoms. The Kier molecular flexibility index (Phi) is 5.13. The van der Waals surface area contributed by atoms with Gasteiger partial charge in [0.2, 0.25) is 15.9 Å². The molecule has 4 N–H and O–H groups in total. The van der Waals surface area contributed by atoms with Crippen molar-refractivity contribution in [2.45, 2.75) is 37.6 Å². The lowest BCUT2D eigenvalue weighted by Crippen LogP contribution is -2.37. The van der Waals surface area contributed by atoms with Gasteiger partial charge in [0, 0.05) is 18.5 Å². The number of benzene rings is 1. The minimum Gasteiger partial charge on any atom is -0.379 e. The Morgan fingerprint density at radius 1 is 1.30 bits per heavy atom. The molecule has 0 radical (unpaired) electrons. The molecule has 1 amide bonds. The standard InChI is InChI=1S/C13H21N3O3S/c1-4-15-20(18,19)11-8-6-5-7-10(11)16-13(2,3)9-12(14)17/h5-8,15-16H,4,9H2,1-3H3,(H2,14,17). The fourth-order valence-electron chi connectivity index (χ4n) is 1.92. The molecule has 0 heterocycles. The number of hydrogen-bond donors (Lipinski definition) is 3. The number of carbonyl (C=O) groups is 1. The summed E-state index contributed by atoms with van der Waals surface area (Å²) in [5, 5.41) is 3.06. The maximum absolute atomic E-state index is 12.1. The highest BCUT2D eigenvalue weighted by molar-refractivity contribution is 7.89. The number of sulfonamides is 1. The lowest BCUT2D eigenvalue weighted by molar-refractivity contribution is -0.118. The van der Waals surface area contributed by atoms with Crippen LogP contribution in [0.1, 0.15) is 27.2 Å². The van der Waals surface area contributed by atoms with Crippen LogP contribution in [0.2, 0.25) is 0 Å². The molecule has 0 aromatic heterocycles. The smallest absolute Gasteiger partial charge is 0.242 e. The fourth-order valence-corrected chi connectivity index (χ4v) is 3.12. The van der Waals surface area contributed by atoms with Crippen LogP contribution in [-0.4, -0.2) is 26.4 Å². The van der Waals surface area contributed by atoms with Gasteiger partial charge in [-0.1, -0.05) is 19.1 Å². The van der Waals surface area contributed by atoms with E-state index in [9.17, 15) is 13.2 Å². The molecule has 0 saturated heterocycles. The topological polar surface area (TPSA) is 101 Å². The van der Waals surface area contributed by atoms with E-state index in [1.54, 1.807) is 39.0 Å². The van der Waals surface area contributed by atoms with E-state index >= 15 is 0 Å². The van der Waals surface area contributed by atoms with Gasteiger partial charge in [0.25, 0.3) is 0 Å². The van der Waals surface area contributed by atoms with Gasteiger partial charge in [-0.25, -0.2) is 13.1 Å². The van der Waals surface area contributed by atoms with Crippen LogP contribution in [0.4, 0.5) is 5.69 Å². The van der Waals surface area contributed by atoms with E-state index in [2.05, 4.69) is 10.0 Å². The van der Waals surface area contributed by atoms with Crippen molar-refractivity contribution in [1.29, 1.82) is 0 Å². The second-order valence-corrected chi connectivity index (χ2v) is 6.88. The lowest BCUT2D eigenvalue weighted by atomic mass is 10.00. The molecule has 0 fully saturated rings. The summed E-state index contributed by atoms with van der Waals surface area (Å²) in [4.78, 5) is 11.2. The second kappa shape index (κ2) is 6.23. The summed E-state index contributed by atoms with van der Waals surface area (Å²) in [7, 11) is -3.57. The minimum absolute atomic E-state index is 0.0998. The molecule has 0 bridgehead atoms. The van der Waals surface area contributed by atoms with Crippen LogP contribution < -0.4 is 15.8 Å². The van der Waals surface area contributed by atoms with Crippen molar-refractivity contribution in [2.24, 2.45) is 5.73 Å². The van der Waals surface area contributed by atoms with Gasteiger partial charge in [0.1, 0.15) is 4.90 Å². The van der Waals surface area contributed by atoms with Gasteiger partial charge >= 0.3 is 0 Å². The van der Waals surface area contributed by atoms with Gasteiger partial charge in [0.15, 0.2) is 0 Å². The summed E-state index contributed by atoms with van der Waals surface area (Å²) >= 11 is 0. The van der Waals surface area contributed by atoms with E-state index in [0.717, 1.165) is 0 Å². The number of para-hydroxylation sites is 1. The first-order valence-electron chi connectivity index (χ1n) is 6.33. The van der Waals surface area contributed by atoms with Crippen LogP contribution >= 0.6 is 0 Å². The Balaban J connectivity index is 3.12. The van der Waals surface area contributed by atoms with Crippen molar-refractivity contribution >= 4 is 21.6 Å². The van der Waals surface area contributed by atoms with E-state index in [1.807, 2.05) is 0 Å². The molecule has 1 aromatic rings. The number of carbonyl (C=O) groups excluding carboxylic acids is 1. The molecule has 0 aliphatic heterocycles. The van der Waals surface area contributed by atoms with Crippen LogP contribution in [0.3, 0.4) is 0 Å². The molecule has 6 nitrogen and oxygen atoms in total. The Labute approximate surface area is 119 Å². The molecule has 0 aliphatic carbocycles. The maximum atomic E-state index is 12.1. The highest BCUT2D eigenvalue weighted by atomic mass is 32.2. The van der Waals surface area contributed by atoms with E-state index in [1.165, 1.54) is 6.07 Å². The maximum Gasteiger partial charge on any atom is 0.242 e. The minimum atomic E-state index is -3.57. The number of primary amides is 1. The van der Waals surface area contributed by atoms with Crippen molar-refractivity contribution < 1.29 is 13.2 Å². The Morgan fingerprint density at radius 2 is 1.90 bits per heavy atom. The molecule has 0 aliphatic rings. The third-order valence-electron chi connectivity index (χ3n) is 2.60. The van der Waals surface area contributed by atoms with Crippen LogP contribution in [0.5, 0.6) is 0 Å². The first kappa shape index (κ1) is 16.5.